The van der Waals surface area contributed by atoms with Gasteiger partial charge in [-0.3, -0.25) is 9.69 Å². The fraction of sp³-hybridized carbons (Fsp3) is 0.682. The van der Waals surface area contributed by atoms with Crippen LogP contribution in [0.5, 0.6) is 5.75 Å². The van der Waals surface area contributed by atoms with Gasteiger partial charge in [-0.2, -0.15) is 4.31 Å². The number of hydrogen-bond donors (Lipinski definition) is 1. The van der Waals surface area contributed by atoms with Gasteiger partial charge >= 0.3 is 0 Å². The van der Waals surface area contributed by atoms with Crippen molar-refractivity contribution in [2.45, 2.75) is 62.0 Å². The minimum absolute atomic E-state index is 0.105. The number of rotatable bonds is 6. The van der Waals surface area contributed by atoms with Crippen LogP contribution in [0.4, 0.5) is 5.69 Å². The van der Waals surface area contributed by atoms with E-state index in [1.165, 1.54) is 30.3 Å². The molecule has 9 heteroatoms. The summed E-state index contributed by atoms with van der Waals surface area (Å²) >= 11 is 0. The minimum Gasteiger partial charge on any atom is -0.495 e. The second-order valence-corrected chi connectivity index (χ2v) is 10.5. The van der Waals surface area contributed by atoms with Gasteiger partial charge in [0, 0.05) is 31.4 Å². The first kappa shape index (κ1) is 22.5. The fourth-order valence-electron chi connectivity index (χ4n) is 4.96. The number of methoxy groups -OCH3 is 1. The fourth-order valence-corrected chi connectivity index (χ4v) is 6.66. The quantitative estimate of drug-likeness (QED) is 0.715. The number of piperidine rings is 1. The van der Waals surface area contributed by atoms with Gasteiger partial charge in [-0.05, 0) is 43.9 Å². The molecule has 8 nitrogen and oxygen atoms in total. The summed E-state index contributed by atoms with van der Waals surface area (Å²) in [6, 6.07) is 5.11. The summed E-state index contributed by atoms with van der Waals surface area (Å²) < 4.78 is 39.1. The minimum atomic E-state index is -3.68. The van der Waals surface area contributed by atoms with Crippen LogP contribution in [0.1, 0.15) is 44.9 Å². The lowest BCUT2D eigenvalue weighted by molar-refractivity contribution is -0.124. The molecule has 2 heterocycles. The van der Waals surface area contributed by atoms with Crippen molar-refractivity contribution in [2.24, 2.45) is 0 Å². The average molecular weight is 452 g/mol. The molecule has 2 saturated heterocycles. The highest BCUT2D eigenvalue weighted by Crippen LogP contribution is 2.32. The van der Waals surface area contributed by atoms with Crippen LogP contribution < -0.4 is 10.1 Å². The number of carbonyl (C=O) groups excluding carboxylic acids is 1. The van der Waals surface area contributed by atoms with Gasteiger partial charge < -0.3 is 14.8 Å². The first-order valence-corrected chi connectivity index (χ1v) is 12.8. The molecule has 1 aliphatic carbocycles. The van der Waals surface area contributed by atoms with E-state index in [1.807, 2.05) is 0 Å². The predicted octanol–water partition coefficient (Wildman–Crippen LogP) is 2.45. The molecule has 31 heavy (non-hydrogen) atoms. The number of nitrogens with one attached hydrogen (secondary N) is 1. The normalized spacial score (nSPS) is 25.6. The maximum atomic E-state index is 13.2. The maximum absolute atomic E-state index is 13.2. The summed E-state index contributed by atoms with van der Waals surface area (Å²) in [4.78, 5) is 15.1. The lowest BCUT2D eigenvalue weighted by Crippen LogP contribution is -2.54. The SMILES string of the molecule is COc1ccc(NC(=O)CN2CCOC3CCCCC32)cc1S(=O)(=O)N1CCCCC1. The molecule has 3 fully saturated rings. The Balaban J connectivity index is 1.47. The molecule has 4 rings (SSSR count). The van der Waals surface area contributed by atoms with E-state index in [9.17, 15) is 13.2 Å². The van der Waals surface area contributed by atoms with Crippen molar-refractivity contribution >= 4 is 21.6 Å². The van der Waals surface area contributed by atoms with Crippen molar-refractivity contribution in [3.8, 4) is 5.75 Å². The van der Waals surface area contributed by atoms with Gasteiger partial charge in [0.05, 0.1) is 26.4 Å². The smallest absolute Gasteiger partial charge is 0.246 e. The summed E-state index contributed by atoms with van der Waals surface area (Å²) in [5.74, 6) is 0.152. The van der Waals surface area contributed by atoms with Gasteiger partial charge in [-0.1, -0.05) is 19.3 Å². The zero-order valence-electron chi connectivity index (χ0n) is 18.2. The Morgan fingerprint density at radius 2 is 1.90 bits per heavy atom. The van der Waals surface area contributed by atoms with Crippen LogP contribution in [-0.2, 0) is 19.6 Å². The molecule has 172 valence electrons. The van der Waals surface area contributed by atoms with E-state index in [-0.39, 0.29) is 23.5 Å². The number of benzene rings is 1. The Morgan fingerprint density at radius 1 is 1.13 bits per heavy atom. The molecule has 2 unspecified atom stereocenters. The second kappa shape index (κ2) is 9.85. The standard InChI is InChI=1S/C22H33N3O5S/c1-29-20-10-9-17(15-21(20)31(27,28)25-11-5-2-6-12-25)23-22(26)16-24-13-14-30-19-8-4-3-7-18(19)24/h9-10,15,18-19H,2-8,11-14,16H2,1H3,(H,23,26). The highest BCUT2D eigenvalue weighted by molar-refractivity contribution is 7.89. The molecular formula is C22H33N3O5S. The van der Waals surface area contributed by atoms with Crippen molar-refractivity contribution < 1.29 is 22.7 Å². The lowest BCUT2D eigenvalue weighted by Gasteiger charge is -2.43. The number of carbonyl (C=O) groups is 1. The highest BCUT2D eigenvalue weighted by atomic mass is 32.2. The van der Waals surface area contributed by atoms with Gasteiger partial charge in [0.25, 0.3) is 0 Å². The molecule has 1 amide bonds. The van der Waals surface area contributed by atoms with Crippen LogP contribution in [0.3, 0.4) is 0 Å². The number of sulfonamides is 1. The van der Waals surface area contributed by atoms with Crippen molar-refractivity contribution in [3.05, 3.63) is 18.2 Å². The third kappa shape index (κ3) is 5.05. The molecule has 1 aromatic rings. The first-order chi connectivity index (χ1) is 15.0. The number of ether oxygens (including phenoxy) is 2. The van der Waals surface area contributed by atoms with Gasteiger partial charge in [0.1, 0.15) is 10.6 Å². The van der Waals surface area contributed by atoms with E-state index >= 15 is 0 Å². The van der Waals surface area contributed by atoms with Gasteiger partial charge in [-0.15, -0.1) is 0 Å². The average Bonchev–Trinajstić information content (AvgIpc) is 2.80. The highest BCUT2D eigenvalue weighted by Gasteiger charge is 2.35. The van der Waals surface area contributed by atoms with Crippen molar-refractivity contribution in [3.63, 3.8) is 0 Å². The first-order valence-electron chi connectivity index (χ1n) is 11.3. The second-order valence-electron chi connectivity index (χ2n) is 8.61. The summed E-state index contributed by atoms with van der Waals surface area (Å²) in [7, 11) is -2.22. The molecule has 1 N–H and O–H groups in total. The van der Waals surface area contributed by atoms with Crippen LogP contribution in [0.25, 0.3) is 0 Å². The monoisotopic (exact) mass is 451 g/mol. The summed E-state index contributed by atoms with van der Waals surface area (Å²) in [5, 5.41) is 2.89. The topological polar surface area (TPSA) is 88.2 Å². The van der Waals surface area contributed by atoms with Crippen molar-refractivity contribution in [1.82, 2.24) is 9.21 Å². The molecule has 0 radical (unpaired) electrons. The van der Waals surface area contributed by atoms with Crippen LogP contribution in [0.2, 0.25) is 0 Å². The Labute approximate surface area is 184 Å². The van der Waals surface area contributed by atoms with E-state index in [1.54, 1.807) is 12.1 Å². The van der Waals surface area contributed by atoms with Crippen LogP contribution in [0, 0.1) is 0 Å². The van der Waals surface area contributed by atoms with Crippen molar-refractivity contribution in [1.29, 1.82) is 0 Å². The Kier molecular flexibility index (Phi) is 7.15. The Morgan fingerprint density at radius 3 is 2.68 bits per heavy atom. The number of nitrogens with zero attached hydrogens (tertiary/aromatic N) is 2. The number of morpholine rings is 1. The van der Waals surface area contributed by atoms with E-state index in [2.05, 4.69) is 10.2 Å². The number of hydrogen-bond acceptors (Lipinski definition) is 6. The van der Waals surface area contributed by atoms with Crippen LogP contribution in [0.15, 0.2) is 23.1 Å². The summed E-state index contributed by atoms with van der Waals surface area (Å²) in [6.45, 7) is 2.70. The zero-order valence-corrected chi connectivity index (χ0v) is 19.0. The van der Waals surface area contributed by atoms with E-state index in [0.29, 0.717) is 37.2 Å². The largest absolute Gasteiger partial charge is 0.495 e. The van der Waals surface area contributed by atoms with Gasteiger partial charge in [0.2, 0.25) is 15.9 Å². The molecule has 0 bridgehead atoms. The number of fused-ring (bicyclic) bond motifs is 1. The van der Waals surface area contributed by atoms with Gasteiger partial charge in [0.15, 0.2) is 0 Å². The lowest BCUT2D eigenvalue weighted by atomic mass is 9.90. The van der Waals surface area contributed by atoms with E-state index in [0.717, 1.165) is 38.6 Å². The van der Waals surface area contributed by atoms with Crippen LogP contribution >= 0.6 is 0 Å². The molecular weight excluding hydrogens is 418 g/mol. The summed E-state index contributed by atoms with van der Waals surface area (Å²) in [5.41, 5.74) is 0.467. The Bertz CT molecular complexity index is 883. The molecule has 2 aliphatic heterocycles. The third-order valence-electron chi connectivity index (χ3n) is 6.57. The molecule has 3 aliphatic rings. The molecule has 1 aromatic carbocycles. The maximum Gasteiger partial charge on any atom is 0.246 e. The number of amides is 1. The van der Waals surface area contributed by atoms with Crippen LogP contribution in [-0.4, -0.2) is 75.6 Å². The molecule has 0 aromatic heterocycles. The van der Waals surface area contributed by atoms with Gasteiger partial charge in [-0.25, -0.2) is 8.42 Å². The molecule has 1 saturated carbocycles. The third-order valence-corrected chi connectivity index (χ3v) is 8.49. The number of anilines is 1. The van der Waals surface area contributed by atoms with E-state index in [4.69, 9.17) is 9.47 Å². The van der Waals surface area contributed by atoms with E-state index < -0.39 is 10.0 Å². The predicted molar refractivity (Wildman–Crippen MR) is 118 cm³/mol. The molecule has 0 spiro atoms. The summed E-state index contributed by atoms with van der Waals surface area (Å²) in [6.07, 6.45) is 7.44. The zero-order chi connectivity index (χ0) is 21.8. The molecule has 2 atom stereocenters. The van der Waals surface area contributed by atoms with Crippen molar-refractivity contribution in [2.75, 3.05) is 45.2 Å². The Hall–Kier alpha value is -1.68.